The number of hydrogen-bond donors (Lipinski definition) is 0. The molecule has 0 aliphatic carbocycles. The highest BCUT2D eigenvalue weighted by Crippen LogP contribution is 2.05. The van der Waals surface area contributed by atoms with Crippen molar-refractivity contribution < 1.29 is 0 Å². The third-order valence-corrected chi connectivity index (χ3v) is 1.77. The molecule has 0 aromatic carbocycles. The molecule has 1 aromatic heterocycles. The highest BCUT2D eigenvalue weighted by Gasteiger charge is 1.93. The summed E-state index contributed by atoms with van der Waals surface area (Å²) < 4.78 is 0. The monoisotopic (exact) mass is 161 g/mol. The molecule has 0 aliphatic heterocycles. The maximum Gasteiger partial charge on any atom is 0.0303 e. The summed E-state index contributed by atoms with van der Waals surface area (Å²) in [7, 11) is 0. The van der Waals surface area contributed by atoms with Crippen molar-refractivity contribution in [2.45, 2.75) is 26.2 Å². The van der Waals surface area contributed by atoms with E-state index in [1.807, 2.05) is 18.5 Å². The molecule has 0 atom stereocenters. The Labute approximate surface area is 74.2 Å². The van der Waals surface area contributed by atoms with Gasteiger partial charge in [-0.05, 0) is 24.0 Å². The second-order valence-corrected chi connectivity index (χ2v) is 2.94. The third-order valence-electron chi connectivity index (χ3n) is 1.77. The second-order valence-electron chi connectivity index (χ2n) is 2.94. The lowest BCUT2D eigenvalue weighted by atomic mass is 10.1. The zero-order chi connectivity index (χ0) is 8.81. The Balaban J connectivity index is 2.73. The van der Waals surface area contributed by atoms with Crippen molar-refractivity contribution in [1.82, 2.24) is 4.98 Å². The van der Waals surface area contributed by atoms with Crippen molar-refractivity contribution in [2.24, 2.45) is 0 Å². The van der Waals surface area contributed by atoms with Gasteiger partial charge in [0.1, 0.15) is 0 Å². The smallest absolute Gasteiger partial charge is 0.0303 e. The highest BCUT2D eigenvalue weighted by molar-refractivity contribution is 5.19. The van der Waals surface area contributed by atoms with E-state index >= 15 is 0 Å². The second kappa shape index (κ2) is 4.70. The lowest BCUT2D eigenvalue weighted by Crippen LogP contribution is -1.89. The SMILES string of the molecule is C=CCc1cncc(CCC)c1. The van der Waals surface area contributed by atoms with E-state index in [-0.39, 0.29) is 0 Å². The molecule has 0 aliphatic rings. The maximum atomic E-state index is 4.17. The van der Waals surface area contributed by atoms with E-state index in [4.69, 9.17) is 0 Å². The number of rotatable bonds is 4. The lowest BCUT2D eigenvalue weighted by Gasteiger charge is -2.00. The van der Waals surface area contributed by atoms with Gasteiger partial charge in [-0.2, -0.15) is 0 Å². The summed E-state index contributed by atoms with van der Waals surface area (Å²) in [5, 5.41) is 0. The number of nitrogens with zero attached hydrogens (tertiary/aromatic N) is 1. The fourth-order valence-electron chi connectivity index (χ4n) is 1.25. The molecule has 1 heterocycles. The van der Waals surface area contributed by atoms with Crippen molar-refractivity contribution in [2.75, 3.05) is 0 Å². The van der Waals surface area contributed by atoms with Gasteiger partial charge in [-0.1, -0.05) is 25.5 Å². The van der Waals surface area contributed by atoms with Gasteiger partial charge in [-0.3, -0.25) is 4.98 Å². The maximum absolute atomic E-state index is 4.17. The average molecular weight is 161 g/mol. The van der Waals surface area contributed by atoms with Crippen LogP contribution in [0.5, 0.6) is 0 Å². The van der Waals surface area contributed by atoms with Gasteiger partial charge < -0.3 is 0 Å². The van der Waals surface area contributed by atoms with E-state index < -0.39 is 0 Å². The Morgan fingerprint density at radius 2 is 2.17 bits per heavy atom. The minimum absolute atomic E-state index is 0.921. The van der Waals surface area contributed by atoms with Crippen LogP contribution < -0.4 is 0 Å². The predicted octanol–water partition coefficient (Wildman–Crippen LogP) is 2.76. The molecule has 0 radical (unpaired) electrons. The number of allylic oxidation sites excluding steroid dienone is 1. The largest absolute Gasteiger partial charge is 0.264 e. The molecule has 0 spiro atoms. The van der Waals surface area contributed by atoms with Crippen LogP contribution in [0.25, 0.3) is 0 Å². The van der Waals surface area contributed by atoms with Gasteiger partial charge >= 0.3 is 0 Å². The van der Waals surface area contributed by atoms with E-state index in [1.165, 1.54) is 17.5 Å². The Morgan fingerprint density at radius 3 is 2.83 bits per heavy atom. The fraction of sp³-hybridized carbons (Fsp3) is 0.364. The molecule has 0 amide bonds. The Morgan fingerprint density at radius 1 is 1.42 bits per heavy atom. The van der Waals surface area contributed by atoms with Crippen molar-refractivity contribution in [3.8, 4) is 0 Å². The van der Waals surface area contributed by atoms with Crippen LogP contribution in [0.4, 0.5) is 0 Å². The Bertz CT molecular complexity index is 253. The normalized spacial score (nSPS) is 9.75. The van der Waals surface area contributed by atoms with Crippen molar-refractivity contribution >= 4 is 0 Å². The first-order chi connectivity index (χ1) is 5.86. The van der Waals surface area contributed by atoms with Crippen LogP contribution in [-0.4, -0.2) is 4.98 Å². The molecular formula is C11H15N. The molecular weight excluding hydrogens is 146 g/mol. The molecule has 1 heteroatoms. The van der Waals surface area contributed by atoms with E-state index in [0.29, 0.717) is 0 Å². The summed E-state index contributed by atoms with van der Waals surface area (Å²) in [6.45, 7) is 5.88. The molecule has 0 unspecified atom stereocenters. The van der Waals surface area contributed by atoms with Gasteiger partial charge in [0, 0.05) is 12.4 Å². The number of pyridine rings is 1. The molecule has 0 bridgehead atoms. The van der Waals surface area contributed by atoms with E-state index in [9.17, 15) is 0 Å². The molecule has 1 nitrogen and oxygen atoms in total. The van der Waals surface area contributed by atoms with Gasteiger partial charge in [-0.25, -0.2) is 0 Å². The fourth-order valence-corrected chi connectivity index (χ4v) is 1.25. The average Bonchev–Trinajstić information content (AvgIpc) is 2.06. The Hall–Kier alpha value is -1.11. The summed E-state index contributed by atoms with van der Waals surface area (Å²) >= 11 is 0. The van der Waals surface area contributed by atoms with Gasteiger partial charge in [-0.15, -0.1) is 6.58 Å². The lowest BCUT2D eigenvalue weighted by molar-refractivity contribution is 0.909. The van der Waals surface area contributed by atoms with Crippen LogP contribution in [0.2, 0.25) is 0 Å². The molecule has 12 heavy (non-hydrogen) atoms. The first kappa shape index (κ1) is 8.98. The van der Waals surface area contributed by atoms with Gasteiger partial charge in [0.25, 0.3) is 0 Å². The summed E-state index contributed by atoms with van der Waals surface area (Å²) in [6.07, 6.45) is 8.98. The quantitative estimate of drug-likeness (QED) is 0.619. The summed E-state index contributed by atoms with van der Waals surface area (Å²) in [5.41, 5.74) is 2.59. The summed E-state index contributed by atoms with van der Waals surface area (Å²) in [4.78, 5) is 4.17. The topological polar surface area (TPSA) is 12.9 Å². The van der Waals surface area contributed by atoms with Crippen LogP contribution in [-0.2, 0) is 12.8 Å². The van der Waals surface area contributed by atoms with Crippen LogP contribution in [0.3, 0.4) is 0 Å². The third kappa shape index (κ3) is 2.50. The van der Waals surface area contributed by atoms with E-state index in [2.05, 4.69) is 24.6 Å². The van der Waals surface area contributed by atoms with Crippen molar-refractivity contribution in [3.63, 3.8) is 0 Å². The van der Waals surface area contributed by atoms with Crippen molar-refractivity contribution in [3.05, 3.63) is 42.2 Å². The van der Waals surface area contributed by atoms with Crippen LogP contribution in [0.1, 0.15) is 24.5 Å². The van der Waals surface area contributed by atoms with Crippen molar-refractivity contribution in [1.29, 1.82) is 0 Å². The van der Waals surface area contributed by atoms with Crippen LogP contribution in [0, 0.1) is 0 Å². The molecule has 0 saturated carbocycles. The molecule has 0 fully saturated rings. The molecule has 0 N–H and O–H groups in total. The van der Waals surface area contributed by atoms with Gasteiger partial charge in [0.15, 0.2) is 0 Å². The predicted molar refractivity (Wildman–Crippen MR) is 52.1 cm³/mol. The Kier molecular flexibility index (Phi) is 3.52. The first-order valence-electron chi connectivity index (χ1n) is 4.40. The molecule has 0 saturated heterocycles. The zero-order valence-electron chi connectivity index (χ0n) is 7.59. The number of aryl methyl sites for hydroxylation is 1. The van der Waals surface area contributed by atoms with E-state index in [0.717, 1.165) is 12.8 Å². The number of hydrogen-bond acceptors (Lipinski definition) is 1. The zero-order valence-corrected chi connectivity index (χ0v) is 7.59. The minimum atomic E-state index is 0.921. The molecule has 1 rings (SSSR count). The van der Waals surface area contributed by atoms with E-state index in [1.54, 1.807) is 0 Å². The minimum Gasteiger partial charge on any atom is -0.264 e. The summed E-state index contributed by atoms with van der Waals surface area (Å²) in [6, 6.07) is 2.21. The molecule has 64 valence electrons. The number of aromatic nitrogens is 1. The molecule has 1 aromatic rings. The first-order valence-corrected chi connectivity index (χ1v) is 4.40. The van der Waals surface area contributed by atoms with Crippen LogP contribution in [0.15, 0.2) is 31.1 Å². The van der Waals surface area contributed by atoms with Gasteiger partial charge in [0.2, 0.25) is 0 Å². The highest BCUT2D eigenvalue weighted by atomic mass is 14.6. The standard InChI is InChI=1S/C11H15N/c1-3-5-10-7-11(6-4-2)9-12-8-10/h3,7-9H,1,4-6H2,2H3. The van der Waals surface area contributed by atoms with Crippen LogP contribution >= 0.6 is 0 Å². The van der Waals surface area contributed by atoms with Gasteiger partial charge in [0.05, 0.1) is 0 Å². The summed E-state index contributed by atoms with van der Waals surface area (Å²) in [5.74, 6) is 0.